The Hall–Kier alpha value is -2.81. The van der Waals surface area contributed by atoms with E-state index in [1.165, 1.54) is 24.3 Å². The number of aromatic nitrogens is 1. The molecule has 1 aliphatic heterocycles. The molecule has 2 N–H and O–H groups in total. The van der Waals surface area contributed by atoms with Crippen molar-refractivity contribution in [2.45, 2.75) is 50.6 Å². The van der Waals surface area contributed by atoms with E-state index in [0.29, 0.717) is 30.0 Å². The Morgan fingerprint density at radius 3 is 2.79 bits per heavy atom. The average molecular weight is 416 g/mol. The van der Waals surface area contributed by atoms with Crippen LogP contribution in [0.2, 0.25) is 0 Å². The lowest BCUT2D eigenvalue weighted by molar-refractivity contribution is -0.136. The first-order chi connectivity index (χ1) is 13.9. The zero-order valence-corrected chi connectivity index (χ0v) is 16.7. The second-order valence-electron chi connectivity index (χ2n) is 7.46. The van der Waals surface area contributed by atoms with Gasteiger partial charge >= 0.3 is 6.03 Å². The van der Waals surface area contributed by atoms with Crippen LogP contribution >= 0.6 is 11.3 Å². The number of carbonyl (C=O) groups excluding carboxylic acids is 3. The number of benzene rings is 1. The molecule has 29 heavy (non-hydrogen) atoms. The van der Waals surface area contributed by atoms with Gasteiger partial charge in [-0.25, -0.2) is 19.1 Å². The van der Waals surface area contributed by atoms with Gasteiger partial charge < -0.3 is 10.6 Å². The van der Waals surface area contributed by atoms with Crippen LogP contribution in [0.3, 0.4) is 0 Å². The van der Waals surface area contributed by atoms with Crippen LogP contribution in [0, 0.1) is 5.82 Å². The number of urea groups is 1. The Balaban J connectivity index is 1.42. The summed E-state index contributed by atoms with van der Waals surface area (Å²) in [6.45, 7) is 1.52. The van der Waals surface area contributed by atoms with Gasteiger partial charge in [0, 0.05) is 17.5 Å². The summed E-state index contributed by atoms with van der Waals surface area (Å²) < 4.78 is 13.8. The van der Waals surface area contributed by atoms with Crippen molar-refractivity contribution in [1.29, 1.82) is 0 Å². The summed E-state index contributed by atoms with van der Waals surface area (Å²) in [4.78, 5) is 43.7. The molecule has 1 saturated heterocycles. The van der Waals surface area contributed by atoms with Gasteiger partial charge in [0.05, 0.1) is 0 Å². The summed E-state index contributed by atoms with van der Waals surface area (Å²) in [5.41, 5.74) is -0.302. The van der Waals surface area contributed by atoms with Crippen LogP contribution in [0.4, 0.5) is 14.3 Å². The Morgan fingerprint density at radius 1 is 1.34 bits per heavy atom. The summed E-state index contributed by atoms with van der Waals surface area (Å²) in [7, 11) is 0. The van der Waals surface area contributed by atoms with Crippen molar-refractivity contribution in [3.8, 4) is 0 Å². The van der Waals surface area contributed by atoms with Gasteiger partial charge in [0.15, 0.2) is 5.13 Å². The molecule has 1 unspecified atom stereocenters. The highest BCUT2D eigenvalue weighted by Gasteiger charge is 2.54. The fourth-order valence-electron chi connectivity index (χ4n) is 3.91. The number of nitrogens with one attached hydrogen (secondary N) is 2. The third-order valence-electron chi connectivity index (χ3n) is 5.52. The van der Waals surface area contributed by atoms with Crippen molar-refractivity contribution in [3.05, 3.63) is 46.7 Å². The van der Waals surface area contributed by atoms with E-state index in [1.54, 1.807) is 24.4 Å². The molecule has 1 aromatic heterocycles. The largest absolute Gasteiger partial charge is 0.325 e. The minimum atomic E-state index is -0.957. The van der Waals surface area contributed by atoms with Crippen LogP contribution in [-0.2, 0) is 16.0 Å². The molecule has 152 valence electrons. The van der Waals surface area contributed by atoms with Gasteiger partial charge in [0.1, 0.15) is 17.4 Å². The Labute approximate surface area is 171 Å². The van der Waals surface area contributed by atoms with Crippen LogP contribution < -0.4 is 10.6 Å². The van der Waals surface area contributed by atoms with Gasteiger partial charge in [-0.15, -0.1) is 11.3 Å². The average Bonchev–Trinajstić information content (AvgIpc) is 3.39. The lowest BCUT2D eigenvalue weighted by Crippen LogP contribution is -2.48. The number of amides is 4. The molecule has 4 amide bonds. The standard InChI is InChI=1S/C20H21FN4O3S/c1-12(25-17(27)20(24-19(25)28)8-4-5-9-20)16(26)23-18-22-11-14(29-18)10-13-6-2-3-7-15(13)21/h2-3,6-7,11-12H,4-5,8-10H2,1H3,(H,24,28)(H,22,23,26). The van der Waals surface area contributed by atoms with Crippen LogP contribution in [0.5, 0.6) is 0 Å². The van der Waals surface area contributed by atoms with Crippen molar-refractivity contribution in [3.63, 3.8) is 0 Å². The first-order valence-electron chi connectivity index (χ1n) is 9.54. The fraction of sp³-hybridized carbons (Fsp3) is 0.400. The minimum absolute atomic E-state index is 0.292. The number of imide groups is 1. The normalized spacial score (nSPS) is 18.9. The van der Waals surface area contributed by atoms with Gasteiger partial charge in [0.25, 0.3) is 5.91 Å². The number of thiazole rings is 1. The molecule has 4 rings (SSSR count). The predicted molar refractivity (Wildman–Crippen MR) is 106 cm³/mol. The van der Waals surface area contributed by atoms with E-state index in [9.17, 15) is 18.8 Å². The van der Waals surface area contributed by atoms with E-state index in [0.717, 1.165) is 22.6 Å². The molecule has 1 saturated carbocycles. The zero-order chi connectivity index (χ0) is 20.6. The number of halogens is 1. The van der Waals surface area contributed by atoms with E-state index < -0.39 is 23.5 Å². The summed E-state index contributed by atoms with van der Waals surface area (Å²) >= 11 is 1.23. The van der Waals surface area contributed by atoms with Crippen LogP contribution in [0.1, 0.15) is 43.0 Å². The second-order valence-corrected chi connectivity index (χ2v) is 8.57. The van der Waals surface area contributed by atoms with E-state index in [2.05, 4.69) is 15.6 Å². The molecule has 1 spiro atoms. The Morgan fingerprint density at radius 2 is 2.07 bits per heavy atom. The Bertz CT molecular complexity index is 970. The van der Waals surface area contributed by atoms with Crippen LogP contribution in [0.15, 0.2) is 30.5 Å². The molecule has 2 fully saturated rings. The molecule has 1 aliphatic carbocycles. The SMILES string of the molecule is CC(C(=O)Nc1ncc(Cc2ccccc2F)s1)N1C(=O)NC2(CCCC2)C1=O. The lowest BCUT2D eigenvalue weighted by Gasteiger charge is -2.23. The van der Waals surface area contributed by atoms with Crippen molar-refractivity contribution in [1.82, 2.24) is 15.2 Å². The molecular formula is C20H21FN4O3S. The van der Waals surface area contributed by atoms with Crippen molar-refractivity contribution < 1.29 is 18.8 Å². The minimum Gasteiger partial charge on any atom is -0.323 e. The van der Waals surface area contributed by atoms with Crippen LogP contribution in [0.25, 0.3) is 0 Å². The molecule has 7 nitrogen and oxygen atoms in total. The summed E-state index contributed by atoms with van der Waals surface area (Å²) in [6, 6.07) is 5.01. The monoisotopic (exact) mass is 416 g/mol. The highest BCUT2D eigenvalue weighted by Crippen LogP contribution is 2.36. The van der Waals surface area contributed by atoms with E-state index in [4.69, 9.17) is 0 Å². The first-order valence-corrected chi connectivity index (χ1v) is 10.4. The van der Waals surface area contributed by atoms with E-state index >= 15 is 0 Å². The number of carbonyl (C=O) groups is 3. The predicted octanol–water partition coefficient (Wildman–Crippen LogP) is 3.06. The molecule has 0 bridgehead atoms. The summed E-state index contributed by atoms with van der Waals surface area (Å²) in [5, 5.41) is 5.78. The summed E-state index contributed by atoms with van der Waals surface area (Å²) in [5.74, 6) is -1.11. The molecule has 9 heteroatoms. The number of rotatable bonds is 5. The quantitative estimate of drug-likeness (QED) is 0.733. The van der Waals surface area contributed by atoms with Crippen molar-refractivity contribution in [2.75, 3.05) is 5.32 Å². The summed E-state index contributed by atoms with van der Waals surface area (Å²) in [6.07, 6.45) is 4.92. The van der Waals surface area contributed by atoms with Gasteiger partial charge in [-0.3, -0.25) is 9.59 Å². The maximum atomic E-state index is 13.8. The van der Waals surface area contributed by atoms with E-state index in [-0.39, 0.29) is 11.7 Å². The van der Waals surface area contributed by atoms with Gasteiger partial charge in [0.2, 0.25) is 5.91 Å². The molecule has 0 radical (unpaired) electrons. The highest BCUT2D eigenvalue weighted by atomic mass is 32.1. The molecule has 2 aliphatic rings. The number of anilines is 1. The van der Waals surface area contributed by atoms with Gasteiger partial charge in [-0.2, -0.15) is 0 Å². The zero-order valence-electron chi connectivity index (χ0n) is 15.9. The molecular weight excluding hydrogens is 395 g/mol. The smallest absolute Gasteiger partial charge is 0.323 e. The van der Waals surface area contributed by atoms with Gasteiger partial charge in [-0.05, 0) is 31.4 Å². The third-order valence-corrected chi connectivity index (χ3v) is 6.44. The van der Waals surface area contributed by atoms with Crippen molar-refractivity contribution >= 4 is 34.3 Å². The van der Waals surface area contributed by atoms with E-state index in [1.807, 2.05) is 0 Å². The molecule has 2 heterocycles. The maximum absolute atomic E-state index is 13.8. The van der Waals surface area contributed by atoms with Gasteiger partial charge in [-0.1, -0.05) is 31.0 Å². The molecule has 1 atom stereocenters. The number of hydrogen-bond donors (Lipinski definition) is 2. The second kappa shape index (κ2) is 7.55. The van der Waals surface area contributed by atoms with Crippen LogP contribution in [-0.4, -0.2) is 39.3 Å². The maximum Gasteiger partial charge on any atom is 0.325 e. The molecule has 2 aromatic rings. The number of hydrogen-bond acceptors (Lipinski definition) is 5. The lowest BCUT2D eigenvalue weighted by atomic mass is 9.97. The third kappa shape index (κ3) is 3.62. The number of nitrogens with zero attached hydrogens (tertiary/aromatic N) is 2. The highest BCUT2D eigenvalue weighted by molar-refractivity contribution is 7.15. The topological polar surface area (TPSA) is 91.4 Å². The van der Waals surface area contributed by atoms with Crippen molar-refractivity contribution in [2.24, 2.45) is 0 Å². The Kier molecular flexibility index (Phi) is 5.08. The first kappa shape index (κ1) is 19.5. The fourth-order valence-corrected chi connectivity index (χ4v) is 4.75. The molecule has 1 aromatic carbocycles.